The van der Waals surface area contributed by atoms with Crippen molar-refractivity contribution in [2.75, 3.05) is 0 Å². The van der Waals surface area contributed by atoms with E-state index in [-0.39, 0.29) is 11.5 Å². The molecule has 2 aliphatic rings. The maximum Gasteiger partial charge on any atom is 0.416 e. The molecule has 0 radical (unpaired) electrons. The number of nitriles is 1. The van der Waals surface area contributed by atoms with Crippen molar-refractivity contribution >= 4 is 5.97 Å². The Morgan fingerprint density at radius 3 is 2.48 bits per heavy atom. The number of aliphatic carboxylic acids is 1. The smallest absolute Gasteiger partial charge is 0.416 e. The highest BCUT2D eigenvalue weighted by atomic mass is 19.4. The summed E-state index contributed by atoms with van der Waals surface area (Å²) in [4.78, 5) is 12.3. The Bertz CT molecular complexity index is 867. The molecule has 4 nitrogen and oxygen atoms in total. The van der Waals surface area contributed by atoms with Gasteiger partial charge in [0.1, 0.15) is 5.82 Å². The maximum atomic E-state index is 13.6. The topological polar surface area (TPSA) is 73.1 Å². The summed E-state index contributed by atoms with van der Waals surface area (Å²) in [6.07, 6.45) is -3.36. The SMILES string of the molecule is CC1=C(C#N)C(c2ccc(F)cc2C(F)(F)F)C(C)(C(=O)O)C(C2CC2)N1. The monoisotopic (exact) mass is 382 g/mol. The molecule has 0 bridgehead atoms. The second kappa shape index (κ2) is 6.25. The van der Waals surface area contributed by atoms with Crippen LogP contribution >= 0.6 is 0 Å². The van der Waals surface area contributed by atoms with E-state index in [0.29, 0.717) is 11.8 Å². The van der Waals surface area contributed by atoms with E-state index in [0.717, 1.165) is 25.0 Å². The molecule has 0 amide bonds. The molecule has 8 heteroatoms. The Kier molecular flexibility index (Phi) is 4.45. The Labute approximate surface area is 153 Å². The third-order valence-electron chi connectivity index (χ3n) is 5.62. The zero-order valence-corrected chi connectivity index (χ0v) is 14.7. The normalized spacial score (nSPS) is 28.5. The van der Waals surface area contributed by atoms with Crippen LogP contribution in [0.1, 0.15) is 43.7 Å². The Morgan fingerprint density at radius 2 is 2.00 bits per heavy atom. The van der Waals surface area contributed by atoms with E-state index in [1.807, 2.05) is 6.07 Å². The fraction of sp³-hybridized carbons (Fsp3) is 0.474. The highest BCUT2D eigenvalue weighted by molar-refractivity contribution is 5.79. The summed E-state index contributed by atoms with van der Waals surface area (Å²) in [6, 6.07) is 3.43. The first-order valence-corrected chi connectivity index (χ1v) is 8.49. The fourth-order valence-electron chi connectivity index (χ4n) is 4.10. The van der Waals surface area contributed by atoms with Gasteiger partial charge in [0.25, 0.3) is 0 Å². The molecule has 1 heterocycles. The molecule has 144 valence electrons. The van der Waals surface area contributed by atoms with Crippen molar-refractivity contribution in [1.29, 1.82) is 5.26 Å². The van der Waals surface area contributed by atoms with Crippen LogP contribution in [0.2, 0.25) is 0 Å². The number of benzene rings is 1. The van der Waals surface area contributed by atoms with Crippen LogP contribution in [0.3, 0.4) is 0 Å². The number of hydrogen-bond donors (Lipinski definition) is 2. The van der Waals surface area contributed by atoms with Gasteiger partial charge >= 0.3 is 12.1 Å². The lowest BCUT2D eigenvalue weighted by atomic mass is 9.61. The number of alkyl halides is 3. The lowest BCUT2D eigenvalue weighted by molar-refractivity contribution is -0.152. The molecule has 27 heavy (non-hydrogen) atoms. The first kappa shape index (κ1) is 19.2. The van der Waals surface area contributed by atoms with Gasteiger partial charge in [0.05, 0.1) is 22.6 Å². The van der Waals surface area contributed by atoms with Crippen molar-refractivity contribution in [3.63, 3.8) is 0 Å². The first-order valence-electron chi connectivity index (χ1n) is 8.49. The molecule has 3 atom stereocenters. The van der Waals surface area contributed by atoms with Crippen LogP contribution in [-0.2, 0) is 11.0 Å². The van der Waals surface area contributed by atoms with Crippen molar-refractivity contribution in [2.45, 2.75) is 44.8 Å². The quantitative estimate of drug-likeness (QED) is 0.769. The zero-order valence-electron chi connectivity index (χ0n) is 14.7. The van der Waals surface area contributed by atoms with E-state index >= 15 is 0 Å². The molecule has 2 N–H and O–H groups in total. The van der Waals surface area contributed by atoms with Crippen molar-refractivity contribution in [1.82, 2.24) is 5.32 Å². The molecule has 1 aliphatic carbocycles. The lowest BCUT2D eigenvalue weighted by Gasteiger charge is -2.46. The molecule has 0 spiro atoms. The number of carboxylic acids is 1. The Morgan fingerprint density at radius 1 is 1.37 bits per heavy atom. The lowest BCUT2D eigenvalue weighted by Crippen LogP contribution is -2.56. The van der Waals surface area contributed by atoms with E-state index < -0.39 is 46.5 Å². The number of carboxylic acid groups (broad SMARTS) is 1. The average Bonchev–Trinajstić information content (AvgIpc) is 3.40. The highest BCUT2D eigenvalue weighted by Gasteiger charge is 2.58. The van der Waals surface area contributed by atoms with Gasteiger partial charge in [-0.15, -0.1) is 0 Å². The van der Waals surface area contributed by atoms with E-state index in [4.69, 9.17) is 0 Å². The van der Waals surface area contributed by atoms with Crippen molar-refractivity contribution in [3.8, 4) is 6.07 Å². The van der Waals surface area contributed by atoms with Crippen LogP contribution in [0.25, 0.3) is 0 Å². The van der Waals surface area contributed by atoms with E-state index in [9.17, 15) is 32.7 Å². The molecule has 3 rings (SSSR count). The minimum absolute atomic E-state index is 0.00132. The average molecular weight is 382 g/mol. The van der Waals surface area contributed by atoms with Crippen LogP contribution in [0.5, 0.6) is 0 Å². The summed E-state index contributed by atoms with van der Waals surface area (Å²) in [6.45, 7) is 2.92. The molecule has 1 fully saturated rings. The summed E-state index contributed by atoms with van der Waals surface area (Å²) in [5, 5.41) is 22.6. The van der Waals surface area contributed by atoms with E-state index in [1.165, 1.54) is 6.92 Å². The highest BCUT2D eigenvalue weighted by Crippen LogP contribution is 2.55. The predicted octanol–water partition coefficient (Wildman–Crippen LogP) is 4.20. The minimum atomic E-state index is -4.88. The first-order chi connectivity index (χ1) is 12.5. The predicted molar refractivity (Wildman–Crippen MR) is 87.8 cm³/mol. The summed E-state index contributed by atoms with van der Waals surface area (Å²) >= 11 is 0. The van der Waals surface area contributed by atoms with Crippen LogP contribution in [0.4, 0.5) is 17.6 Å². The van der Waals surface area contributed by atoms with Crippen LogP contribution in [-0.4, -0.2) is 17.1 Å². The zero-order chi connectivity index (χ0) is 20.1. The van der Waals surface area contributed by atoms with Crippen molar-refractivity contribution in [2.24, 2.45) is 11.3 Å². The molecule has 1 aromatic rings. The molecule has 0 saturated heterocycles. The third-order valence-corrected chi connectivity index (χ3v) is 5.62. The van der Waals surface area contributed by atoms with Gasteiger partial charge in [-0.1, -0.05) is 6.07 Å². The number of hydrogen-bond acceptors (Lipinski definition) is 3. The maximum absolute atomic E-state index is 13.6. The van der Waals surface area contributed by atoms with Gasteiger partial charge in [-0.05, 0) is 50.3 Å². The second-order valence-electron chi connectivity index (χ2n) is 7.36. The number of nitrogens with zero attached hydrogens (tertiary/aromatic N) is 1. The van der Waals surface area contributed by atoms with Crippen LogP contribution in [0.15, 0.2) is 29.5 Å². The van der Waals surface area contributed by atoms with Crippen LogP contribution in [0, 0.1) is 28.5 Å². The van der Waals surface area contributed by atoms with Gasteiger partial charge in [0.2, 0.25) is 0 Å². The summed E-state index contributed by atoms with van der Waals surface area (Å²) in [7, 11) is 0. The van der Waals surface area contributed by atoms with E-state index in [2.05, 4.69) is 5.32 Å². The summed E-state index contributed by atoms with van der Waals surface area (Å²) < 4.78 is 54.4. The van der Waals surface area contributed by atoms with Crippen molar-refractivity contribution in [3.05, 3.63) is 46.4 Å². The summed E-state index contributed by atoms with van der Waals surface area (Å²) in [5.74, 6) is -3.72. The van der Waals surface area contributed by atoms with Gasteiger partial charge in [0, 0.05) is 17.7 Å². The Hall–Kier alpha value is -2.56. The summed E-state index contributed by atoms with van der Waals surface area (Å²) in [5.41, 5.74) is -3.05. The standard InChI is InChI=1S/C19H18F4N2O2/c1-9-13(8-24)15(12-6-5-11(20)7-14(12)19(21,22)23)18(2,17(26)27)16(25-9)10-3-4-10/h5-7,10,15-16,25H,3-4H2,1-2H3,(H,26,27). The fourth-order valence-corrected chi connectivity index (χ4v) is 4.10. The molecular formula is C19H18F4N2O2. The number of carbonyl (C=O) groups is 1. The number of halogens is 4. The van der Waals surface area contributed by atoms with Gasteiger partial charge in [-0.3, -0.25) is 4.79 Å². The number of nitrogens with one attached hydrogen (secondary N) is 1. The van der Waals surface area contributed by atoms with Gasteiger partial charge in [-0.2, -0.15) is 18.4 Å². The Balaban J connectivity index is 2.32. The molecule has 1 aromatic carbocycles. The molecule has 0 aromatic heterocycles. The van der Waals surface area contributed by atoms with Gasteiger partial charge in [-0.25, -0.2) is 4.39 Å². The van der Waals surface area contributed by atoms with Crippen molar-refractivity contribution < 1.29 is 27.5 Å². The molecular weight excluding hydrogens is 364 g/mol. The molecule has 3 unspecified atom stereocenters. The van der Waals surface area contributed by atoms with Gasteiger partial charge in [0.15, 0.2) is 0 Å². The largest absolute Gasteiger partial charge is 0.481 e. The molecule has 1 aliphatic heterocycles. The number of allylic oxidation sites excluding steroid dienone is 2. The molecule has 1 saturated carbocycles. The van der Waals surface area contributed by atoms with Gasteiger partial charge < -0.3 is 10.4 Å². The third kappa shape index (κ3) is 3.05. The second-order valence-corrected chi connectivity index (χ2v) is 7.36. The number of rotatable bonds is 3. The van der Waals surface area contributed by atoms with E-state index in [1.54, 1.807) is 6.92 Å². The minimum Gasteiger partial charge on any atom is -0.481 e. The van der Waals surface area contributed by atoms with Crippen LogP contribution < -0.4 is 5.32 Å².